The normalized spacial score (nSPS) is 11.1. The van der Waals surface area contributed by atoms with E-state index in [1.807, 2.05) is 11.9 Å². The molecule has 0 radical (unpaired) electrons. The molecule has 0 aliphatic carbocycles. The average molecular weight is 281 g/mol. The molecular weight excluding hydrogens is 253 g/mol. The van der Waals surface area contributed by atoms with E-state index in [-0.39, 0.29) is 5.82 Å². The average Bonchev–Trinajstić information content (AvgIpc) is 2.40. The second-order valence-corrected chi connectivity index (χ2v) is 5.76. The van der Waals surface area contributed by atoms with Crippen LogP contribution in [0.5, 0.6) is 0 Å². The van der Waals surface area contributed by atoms with Crippen molar-refractivity contribution in [2.24, 2.45) is 5.92 Å². The molecule has 1 N–H and O–H groups in total. The van der Waals surface area contributed by atoms with Gasteiger partial charge in [0.2, 0.25) is 0 Å². The number of unbranched alkanes of at least 4 members (excludes halogenated alkanes) is 2. The fourth-order valence-corrected chi connectivity index (χ4v) is 2.07. The Morgan fingerprint density at radius 3 is 2.75 bits per heavy atom. The van der Waals surface area contributed by atoms with Gasteiger partial charge in [-0.3, -0.25) is 0 Å². The van der Waals surface area contributed by atoms with Crippen molar-refractivity contribution in [1.82, 2.24) is 10.3 Å². The first-order valence-electron chi connectivity index (χ1n) is 7.61. The van der Waals surface area contributed by atoms with Crippen LogP contribution >= 0.6 is 0 Å². The van der Waals surface area contributed by atoms with Crippen LogP contribution in [-0.2, 0) is 6.54 Å². The first-order chi connectivity index (χ1) is 9.56. The molecule has 1 aromatic rings. The molecule has 4 heteroatoms. The standard InChI is InChI=1S/C16H28FN3/c1-5-6-7-10-20(4)16-15(17)14(8-9-19-16)12-18-11-13(2)3/h8-9,13,18H,5-7,10-12H2,1-4H3. The van der Waals surface area contributed by atoms with Gasteiger partial charge in [0.05, 0.1) is 0 Å². The quantitative estimate of drug-likeness (QED) is 0.701. The number of nitrogens with one attached hydrogen (secondary N) is 1. The lowest BCUT2D eigenvalue weighted by Crippen LogP contribution is -2.23. The van der Waals surface area contributed by atoms with Gasteiger partial charge in [0.15, 0.2) is 11.6 Å². The Bertz CT molecular complexity index is 393. The predicted octanol–water partition coefficient (Wildman–Crippen LogP) is 3.59. The summed E-state index contributed by atoms with van der Waals surface area (Å²) in [6, 6.07) is 1.76. The minimum atomic E-state index is -0.192. The van der Waals surface area contributed by atoms with Gasteiger partial charge < -0.3 is 10.2 Å². The van der Waals surface area contributed by atoms with E-state index in [0.29, 0.717) is 23.8 Å². The van der Waals surface area contributed by atoms with Crippen LogP contribution in [-0.4, -0.2) is 25.1 Å². The molecule has 0 fully saturated rings. The minimum absolute atomic E-state index is 0.192. The van der Waals surface area contributed by atoms with Crippen LogP contribution in [0.15, 0.2) is 12.3 Å². The van der Waals surface area contributed by atoms with Crippen molar-refractivity contribution in [3.05, 3.63) is 23.6 Å². The predicted molar refractivity (Wildman–Crippen MR) is 83.5 cm³/mol. The van der Waals surface area contributed by atoms with Crippen molar-refractivity contribution < 1.29 is 4.39 Å². The zero-order chi connectivity index (χ0) is 15.0. The highest BCUT2D eigenvalue weighted by Crippen LogP contribution is 2.18. The van der Waals surface area contributed by atoms with Gasteiger partial charge >= 0.3 is 0 Å². The minimum Gasteiger partial charge on any atom is -0.357 e. The van der Waals surface area contributed by atoms with E-state index in [1.54, 1.807) is 12.3 Å². The molecule has 0 aliphatic rings. The molecule has 20 heavy (non-hydrogen) atoms. The number of anilines is 1. The van der Waals surface area contributed by atoms with Crippen LogP contribution in [0.25, 0.3) is 0 Å². The number of hydrogen-bond acceptors (Lipinski definition) is 3. The van der Waals surface area contributed by atoms with Crippen molar-refractivity contribution in [2.45, 2.75) is 46.6 Å². The zero-order valence-electron chi connectivity index (χ0n) is 13.2. The Morgan fingerprint density at radius 1 is 1.35 bits per heavy atom. The summed E-state index contributed by atoms with van der Waals surface area (Å²) in [5.74, 6) is 0.837. The Labute approximate surface area is 122 Å². The number of aromatic nitrogens is 1. The van der Waals surface area contributed by atoms with Crippen molar-refractivity contribution in [3.63, 3.8) is 0 Å². The summed E-state index contributed by atoms with van der Waals surface area (Å²) in [4.78, 5) is 6.10. The fourth-order valence-electron chi connectivity index (χ4n) is 2.07. The maximum Gasteiger partial charge on any atom is 0.170 e. The van der Waals surface area contributed by atoms with Gasteiger partial charge in [0, 0.05) is 31.9 Å². The SMILES string of the molecule is CCCCCN(C)c1nccc(CNCC(C)C)c1F. The van der Waals surface area contributed by atoms with Gasteiger partial charge in [-0.05, 0) is 24.9 Å². The van der Waals surface area contributed by atoms with E-state index in [4.69, 9.17) is 0 Å². The monoisotopic (exact) mass is 281 g/mol. The van der Waals surface area contributed by atoms with Crippen molar-refractivity contribution in [3.8, 4) is 0 Å². The number of halogens is 1. The summed E-state index contributed by atoms with van der Waals surface area (Å²) in [6.45, 7) is 8.75. The van der Waals surface area contributed by atoms with Crippen LogP contribution in [0.3, 0.4) is 0 Å². The van der Waals surface area contributed by atoms with E-state index in [2.05, 4.69) is 31.1 Å². The lowest BCUT2D eigenvalue weighted by atomic mass is 10.2. The summed E-state index contributed by atoms with van der Waals surface area (Å²) in [6.07, 6.45) is 5.11. The molecule has 0 amide bonds. The highest BCUT2D eigenvalue weighted by molar-refractivity contribution is 5.42. The third-order valence-electron chi connectivity index (χ3n) is 3.28. The highest BCUT2D eigenvalue weighted by atomic mass is 19.1. The van der Waals surface area contributed by atoms with Gasteiger partial charge in [-0.2, -0.15) is 0 Å². The molecule has 0 aliphatic heterocycles. The molecule has 0 bridgehead atoms. The molecule has 0 aromatic carbocycles. The third-order valence-corrected chi connectivity index (χ3v) is 3.28. The molecule has 114 valence electrons. The van der Waals surface area contributed by atoms with Gasteiger partial charge in [-0.15, -0.1) is 0 Å². The smallest absolute Gasteiger partial charge is 0.170 e. The fraction of sp³-hybridized carbons (Fsp3) is 0.688. The largest absolute Gasteiger partial charge is 0.357 e. The van der Waals surface area contributed by atoms with Gasteiger partial charge in [-0.1, -0.05) is 33.6 Å². The van der Waals surface area contributed by atoms with E-state index >= 15 is 0 Å². The number of rotatable bonds is 9. The Kier molecular flexibility index (Phi) is 7.52. The zero-order valence-corrected chi connectivity index (χ0v) is 13.2. The summed E-state index contributed by atoms with van der Waals surface area (Å²) in [5.41, 5.74) is 0.693. The van der Waals surface area contributed by atoms with Crippen LogP contribution in [0.4, 0.5) is 10.2 Å². The van der Waals surface area contributed by atoms with Crippen molar-refractivity contribution in [2.75, 3.05) is 25.0 Å². The molecular formula is C16H28FN3. The molecule has 3 nitrogen and oxygen atoms in total. The number of nitrogens with zero attached hydrogens (tertiary/aromatic N) is 2. The lowest BCUT2D eigenvalue weighted by molar-refractivity contribution is 0.532. The van der Waals surface area contributed by atoms with E-state index < -0.39 is 0 Å². The van der Waals surface area contributed by atoms with Gasteiger partial charge in [-0.25, -0.2) is 9.37 Å². The number of pyridine rings is 1. The first kappa shape index (κ1) is 16.9. The van der Waals surface area contributed by atoms with Gasteiger partial charge in [0.1, 0.15) is 0 Å². The summed E-state index contributed by atoms with van der Waals surface area (Å²) in [5, 5.41) is 3.27. The van der Waals surface area contributed by atoms with E-state index in [9.17, 15) is 4.39 Å². The van der Waals surface area contributed by atoms with E-state index in [1.165, 1.54) is 12.8 Å². The van der Waals surface area contributed by atoms with Gasteiger partial charge in [0.25, 0.3) is 0 Å². The summed E-state index contributed by atoms with van der Waals surface area (Å²) in [7, 11) is 1.91. The Balaban J connectivity index is 2.63. The second kappa shape index (κ2) is 8.90. The summed E-state index contributed by atoms with van der Waals surface area (Å²) < 4.78 is 14.4. The first-order valence-corrected chi connectivity index (χ1v) is 7.61. The maximum absolute atomic E-state index is 14.4. The van der Waals surface area contributed by atoms with Crippen LogP contribution < -0.4 is 10.2 Å². The molecule has 1 aromatic heterocycles. The highest BCUT2D eigenvalue weighted by Gasteiger charge is 2.13. The molecule has 1 heterocycles. The Hall–Kier alpha value is -1.16. The van der Waals surface area contributed by atoms with Crippen molar-refractivity contribution in [1.29, 1.82) is 0 Å². The van der Waals surface area contributed by atoms with Crippen molar-refractivity contribution >= 4 is 5.82 Å². The van der Waals surface area contributed by atoms with Crippen LogP contribution in [0.2, 0.25) is 0 Å². The lowest BCUT2D eigenvalue weighted by Gasteiger charge is -2.20. The van der Waals surface area contributed by atoms with E-state index in [0.717, 1.165) is 19.5 Å². The molecule has 0 saturated carbocycles. The third kappa shape index (κ3) is 5.45. The topological polar surface area (TPSA) is 28.2 Å². The number of hydrogen-bond donors (Lipinski definition) is 1. The molecule has 0 atom stereocenters. The van der Waals surface area contributed by atoms with Crippen LogP contribution in [0.1, 0.15) is 45.6 Å². The molecule has 0 spiro atoms. The maximum atomic E-state index is 14.4. The second-order valence-electron chi connectivity index (χ2n) is 5.76. The Morgan fingerprint density at radius 2 is 2.10 bits per heavy atom. The molecule has 0 saturated heterocycles. The van der Waals surface area contributed by atoms with Crippen LogP contribution in [0, 0.1) is 11.7 Å². The summed E-state index contributed by atoms with van der Waals surface area (Å²) >= 11 is 0. The molecule has 0 unspecified atom stereocenters. The molecule has 1 rings (SSSR count).